The standard InChI is InChI=1S/C25H20N6O2/c26-17-18-10-11-27-22(16-18)29-12-14-30(15-13-29)25(33)23-20-8-4-5-9-21(20)24(32)31(28-23)19-6-2-1-3-7-19/h1-11,16H,12-15H2. The van der Waals surface area contributed by atoms with Gasteiger partial charge in [-0.05, 0) is 30.3 Å². The van der Waals surface area contributed by atoms with E-state index in [2.05, 4.69) is 21.1 Å². The molecular formula is C25H20N6O2. The van der Waals surface area contributed by atoms with Gasteiger partial charge in [0, 0.05) is 37.8 Å². The molecule has 0 spiro atoms. The zero-order chi connectivity index (χ0) is 22.8. The summed E-state index contributed by atoms with van der Waals surface area (Å²) in [5.41, 5.74) is 1.15. The predicted octanol–water partition coefficient (Wildman–Crippen LogP) is 2.61. The molecule has 33 heavy (non-hydrogen) atoms. The maximum absolute atomic E-state index is 13.5. The van der Waals surface area contributed by atoms with Gasteiger partial charge in [-0.25, -0.2) is 4.98 Å². The highest BCUT2D eigenvalue weighted by Gasteiger charge is 2.26. The topological polar surface area (TPSA) is 95.1 Å². The molecule has 0 bridgehead atoms. The molecule has 0 radical (unpaired) electrons. The van der Waals surface area contributed by atoms with Crippen LogP contribution in [0, 0.1) is 11.3 Å². The van der Waals surface area contributed by atoms with Crippen molar-refractivity contribution in [2.24, 2.45) is 0 Å². The van der Waals surface area contributed by atoms with Gasteiger partial charge in [-0.3, -0.25) is 9.59 Å². The fraction of sp³-hybridized carbons (Fsp3) is 0.160. The quantitative estimate of drug-likeness (QED) is 0.490. The Bertz CT molecular complexity index is 1430. The zero-order valence-corrected chi connectivity index (χ0v) is 17.8. The number of hydrogen-bond donors (Lipinski definition) is 0. The number of hydrogen-bond acceptors (Lipinski definition) is 6. The fourth-order valence-electron chi connectivity index (χ4n) is 4.04. The number of nitriles is 1. The van der Waals surface area contributed by atoms with E-state index in [-0.39, 0.29) is 17.2 Å². The number of fused-ring (bicyclic) bond motifs is 1. The van der Waals surface area contributed by atoms with Gasteiger partial charge in [0.2, 0.25) is 0 Å². The predicted molar refractivity (Wildman–Crippen MR) is 124 cm³/mol. The summed E-state index contributed by atoms with van der Waals surface area (Å²) in [5.74, 6) is 0.511. The van der Waals surface area contributed by atoms with Crippen LogP contribution in [0.2, 0.25) is 0 Å². The van der Waals surface area contributed by atoms with Crippen LogP contribution in [0.25, 0.3) is 16.5 Å². The molecule has 0 aliphatic carbocycles. The molecule has 5 rings (SSSR count). The summed E-state index contributed by atoms with van der Waals surface area (Å²) in [6.45, 7) is 2.14. The first-order chi connectivity index (χ1) is 16.2. The third-order valence-corrected chi connectivity index (χ3v) is 5.77. The van der Waals surface area contributed by atoms with Gasteiger partial charge < -0.3 is 9.80 Å². The number of amides is 1. The molecule has 0 atom stereocenters. The third-order valence-electron chi connectivity index (χ3n) is 5.77. The monoisotopic (exact) mass is 436 g/mol. The molecule has 0 saturated carbocycles. The lowest BCUT2D eigenvalue weighted by molar-refractivity contribution is 0.0741. The van der Waals surface area contributed by atoms with E-state index in [1.807, 2.05) is 18.2 Å². The Kier molecular flexibility index (Phi) is 5.29. The molecular weight excluding hydrogens is 416 g/mol. The summed E-state index contributed by atoms with van der Waals surface area (Å²) in [6.07, 6.45) is 1.62. The maximum Gasteiger partial charge on any atom is 0.279 e. The fourth-order valence-corrected chi connectivity index (χ4v) is 4.04. The highest BCUT2D eigenvalue weighted by atomic mass is 16.2. The third kappa shape index (κ3) is 3.81. The number of aromatic nitrogens is 3. The number of para-hydroxylation sites is 1. The van der Waals surface area contributed by atoms with Crippen LogP contribution in [-0.2, 0) is 0 Å². The first kappa shape index (κ1) is 20.4. The van der Waals surface area contributed by atoms with Crippen LogP contribution >= 0.6 is 0 Å². The Labute approximate surface area is 189 Å². The molecule has 162 valence electrons. The van der Waals surface area contributed by atoms with Crippen molar-refractivity contribution in [1.82, 2.24) is 19.7 Å². The number of carbonyl (C=O) groups excluding carboxylic acids is 1. The van der Waals surface area contributed by atoms with E-state index in [9.17, 15) is 9.59 Å². The molecule has 1 amide bonds. The minimum Gasteiger partial charge on any atom is -0.353 e. The second kappa shape index (κ2) is 8.55. The van der Waals surface area contributed by atoms with Crippen LogP contribution in [-0.4, -0.2) is 51.8 Å². The second-order valence-corrected chi connectivity index (χ2v) is 7.74. The summed E-state index contributed by atoms with van der Waals surface area (Å²) < 4.78 is 1.29. The largest absolute Gasteiger partial charge is 0.353 e. The molecule has 8 nitrogen and oxygen atoms in total. The van der Waals surface area contributed by atoms with E-state index >= 15 is 0 Å². The van der Waals surface area contributed by atoms with Gasteiger partial charge >= 0.3 is 0 Å². The molecule has 1 aliphatic rings. The summed E-state index contributed by atoms with van der Waals surface area (Å²) >= 11 is 0. The highest BCUT2D eigenvalue weighted by Crippen LogP contribution is 2.20. The van der Waals surface area contributed by atoms with E-state index in [0.29, 0.717) is 48.2 Å². The van der Waals surface area contributed by atoms with Crippen LogP contribution in [0.4, 0.5) is 5.82 Å². The number of nitrogens with zero attached hydrogens (tertiary/aromatic N) is 6. The Morgan fingerprint density at radius 1 is 0.909 bits per heavy atom. The van der Waals surface area contributed by atoms with Crippen molar-refractivity contribution >= 4 is 22.5 Å². The van der Waals surface area contributed by atoms with Crippen molar-refractivity contribution in [2.75, 3.05) is 31.1 Å². The summed E-state index contributed by atoms with van der Waals surface area (Å²) in [6, 6.07) is 21.7. The summed E-state index contributed by atoms with van der Waals surface area (Å²) in [7, 11) is 0. The van der Waals surface area contributed by atoms with Gasteiger partial charge in [0.25, 0.3) is 11.5 Å². The Morgan fingerprint density at radius 3 is 2.33 bits per heavy atom. The molecule has 0 unspecified atom stereocenters. The first-order valence-corrected chi connectivity index (χ1v) is 10.6. The van der Waals surface area contributed by atoms with Gasteiger partial charge in [-0.1, -0.05) is 36.4 Å². The summed E-state index contributed by atoms with van der Waals surface area (Å²) in [5, 5.41) is 14.6. The summed E-state index contributed by atoms with van der Waals surface area (Å²) in [4.78, 5) is 34.8. The van der Waals surface area contributed by atoms with E-state index in [0.717, 1.165) is 5.82 Å². The van der Waals surface area contributed by atoms with Crippen molar-refractivity contribution in [2.45, 2.75) is 0 Å². The van der Waals surface area contributed by atoms with Crippen molar-refractivity contribution in [3.05, 3.63) is 94.5 Å². The van der Waals surface area contributed by atoms with E-state index in [1.165, 1.54) is 4.68 Å². The lowest BCUT2D eigenvalue weighted by Gasteiger charge is -2.35. The van der Waals surface area contributed by atoms with Gasteiger partial charge in [-0.2, -0.15) is 15.0 Å². The van der Waals surface area contributed by atoms with Gasteiger partial charge in [0.05, 0.1) is 22.7 Å². The number of carbonyl (C=O) groups is 1. The lowest BCUT2D eigenvalue weighted by Crippen LogP contribution is -2.49. The average molecular weight is 436 g/mol. The van der Waals surface area contributed by atoms with E-state index in [4.69, 9.17) is 5.26 Å². The Balaban J connectivity index is 1.46. The molecule has 1 saturated heterocycles. The van der Waals surface area contributed by atoms with Crippen LogP contribution in [0.3, 0.4) is 0 Å². The highest BCUT2D eigenvalue weighted by molar-refractivity contribution is 6.05. The van der Waals surface area contributed by atoms with Gasteiger partial charge in [-0.15, -0.1) is 0 Å². The van der Waals surface area contributed by atoms with Crippen LogP contribution < -0.4 is 10.5 Å². The Hall–Kier alpha value is -4.51. The number of rotatable bonds is 3. The lowest BCUT2D eigenvalue weighted by atomic mass is 10.1. The second-order valence-electron chi connectivity index (χ2n) is 7.74. The van der Waals surface area contributed by atoms with Gasteiger partial charge in [0.1, 0.15) is 5.82 Å². The van der Waals surface area contributed by atoms with Crippen molar-refractivity contribution in [3.63, 3.8) is 0 Å². The van der Waals surface area contributed by atoms with Crippen LogP contribution in [0.1, 0.15) is 16.1 Å². The van der Waals surface area contributed by atoms with Crippen molar-refractivity contribution < 1.29 is 4.79 Å². The SMILES string of the molecule is N#Cc1ccnc(N2CCN(C(=O)c3nn(-c4ccccc4)c(=O)c4ccccc34)CC2)c1. The molecule has 1 fully saturated rings. The molecule has 2 aromatic heterocycles. The smallest absolute Gasteiger partial charge is 0.279 e. The molecule has 4 aromatic rings. The van der Waals surface area contributed by atoms with Gasteiger partial charge in [0.15, 0.2) is 5.69 Å². The molecule has 3 heterocycles. The maximum atomic E-state index is 13.5. The Morgan fingerprint density at radius 2 is 1.61 bits per heavy atom. The zero-order valence-electron chi connectivity index (χ0n) is 17.8. The van der Waals surface area contributed by atoms with Crippen LogP contribution in [0.5, 0.6) is 0 Å². The number of piperazine rings is 1. The van der Waals surface area contributed by atoms with Crippen molar-refractivity contribution in [1.29, 1.82) is 5.26 Å². The normalized spacial score (nSPS) is 13.7. The number of benzene rings is 2. The van der Waals surface area contributed by atoms with E-state index in [1.54, 1.807) is 59.6 Å². The average Bonchev–Trinajstić information content (AvgIpc) is 2.89. The van der Waals surface area contributed by atoms with E-state index < -0.39 is 0 Å². The van der Waals surface area contributed by atoms with Crippen LogP contribution in [0.15, 0.2) is 77.7 Å². The minimum absolute atomic E-state index is 0.214. The number of pyridine rings is 1. The molecule has 2 aromatic carbocycles. The molecule has 8 heteroatoms. The minimum atomic E-state index is -0.262. The first-order valence-electron chi connectivity index (χ1n) is 10.6. The number of anilines is 1. The van der Waals surface area contributed by atoms with Crippen molar-refractivity contribution in [3.8, 4) is 11.8 Å². The molecule has 1 aliphatic heterocycles. The molecule has 0 N–H and O–H groups in total.